The maximum atomic E-state index is 11.5. The van der Waals surface area contributed by atoms with Gasteiger partial charge in [0.05, 0.1) is 4.92 Å². The zero-order chi connectivity index (χ0) is 18.6. The summed E-state index contributed by atoms with van der Waals surface area (Å²) in [6.07, 6.45) is 0.733. The Morgan fingerprint density at radius 2 is 1.84 bits per heavy atom. The van der Waals surface area contributed by atoms with Crippen LogP contribution in [0.5, 0.6) is 0 Å². The summed E-state index contributed by atoms with van der Waals surface area (Å²) in [5.41, 5.74) is 0.548. The fraction of sp³-hybridized carbons (Fsp3) is 0.250. The molecule has 0 saturated carbocycles. The summed E-state index contributed by atoms with van der Waals surface area (Å²) in [6, 6.07) is 13.2. The Hall–Kier alpha value is -1.70. The molecule has 0 aromatic heterocycles. The van der Waals surface area contributed by atoms with Crippen LogP contribution in [-0.4, -0.2) is 19.8 Å². The minimum Gasteiger partial charge on any atom is -0.376 e. The average Bonchev–Trinajstić information content (AvgIpc) is 2.58. The Morgan fingerprint density at radius 3 is 2.36 bits per heavy atom. The normalized spacial score (nSPS) is 14.1. The number of non-ortho nitro benzene ring substituents is 1. The third-order valence-electron chi connectivity index (χ3n) is 3.61. The summed E-state index contributed by atoms with van der Waals surface area (Å²) in [4.78, 5) is 29.3. The molecule has 2 aromatic rings. The van der Waals surface area contributed by atoms with Crippen LogP contribution in [0.25, 0.3) is 0 Å². The summed E-state index contributed by atoms with van der Waals surface area (Å²) in [7, 11) is -4.86. The van der Waals surface area contributed by atoms with E-state index < -0.39 is 18.4 Å². The van der Waals surface area contributed by atoms with Gasteiger partial charge in [0.1, 0.15) is 0 Å². The van der Waals surface area contributed by atoms with Crippen LogP contribution in [0.2, 0.25) is 0 Å². The van der Waals surface area contributed by atoms with Crippen molar-refractivity contribution >= 4 is 25.0 Å². The molecule has 0 aliphatic rings. The number of benzene rings is 2. The zero-order valence-corrected chi connectivity index (χ0v) is 15.1. The number of nitro groups is 1. The summed E-state index contributed by atoms with van der Waals surface area (Å²) in [5.74, 6) is -2.11. The molecule has 0 fully saturated rings. The molecule has 0 saturated heterocycles. The van der Waals surface area contributed by atoms with Crippen molar-refractivity contribution < 1.29 is 24.4 Å². The molecular formula is C16H18NO6PS. The maximum Gasteiger partial charge on any atom is 0.358 e. The van der Waals surface area contributed by atoms with Gasteiger partial charge in [0.25, 0.3) is 5.69 Å². The molecule has 3 N–H and O–H groups in total. The minimum absolute atomic E-state index is 0.0228. The van der Waals surface area contributed by atoms with Crippen molar-refractivity contribution in [3.05, 3.63) is 69.8 Å². The van der Waals surface area contributed by atoms with Crippen molar-refractivity contribution in [3.8, 4) is 0 Å². The highest BCUT2D eigenvalue weighted by molar-refractivity contribution is 7.99. The fourth-order valence-electron chi connectivity index (χ4n) is 2.35. The number of thioether (sulfide) groups is 1. The van der Waals surface area contributed by atoms with Crippen LogP contribution in [-0.2, 0) is 4.57 Å². The number of aliphatic hydroxyl groups excluding tert-OH is 1. The van der Waals surface area contributed by atoms with Crippen molar-refractivity contribution in [1.29, 1.82) is 0 Å². The Labute approximate surface area is 149 Å². The number of nitro benzene ring substituents is 1. The van der Waals surface area contributed by atoms with Crippen LogP contribution in [0.3, 0.4) is 0 Å². The van der Waals surface area contributed by atoms with Gasteiger partial charge >= 0.3 is 7.60 Å². The van der Waals surface area contributed by atoms with Gasteiger partial charge in [0.15, 0.2) is 5.85 Å². The second-order valence-corrected chi connectivity index (χ2v) is 8.28. The van der Waals surface area contributed by atoms with Crippen molar-refractivity contribution in [2.45, 2.75) is 29.3 Å². The first-order chi connectivity index (χ1) is 11.7. The first-order valence-electron chi connectivity index (χ1n) is 7.47. The van der Waals surface area contributed by atoms with Gasteiger partial charge in [0.2, 0.25) is 0 Å². The van der Waals surface area contributed by atoms with E-state index in [2.05, 4.69) is 0 Å². The van der Waals surface area contributed by atoms with Gasteiger partial charge in [-0.25, -0.2) is 0 Å². The maximum absolute atomic E-state index is 11.5. The van der Waals surface area contributed by atoms with Gasteiger partial charge < -0.3 is 14.9 Å². The zero-order valence-electron chi connectivity index (χ0n) is 13.3. The molecule has 0 radical (unpaired) electrons. The molecule has 0 bridgehead atoms. The molecule has 25 heavy (non-hydrogen) atoms. The van der Waals surface area contributed by atoms with E-state index in [1.54, 1.807) is 0 Å². The molecule has 0 heterocycles. The predicted molar refractivity (Wildman–Crippen MR) is 95.4 cm³/mol. The second-order valence-electron chi connectivity index (χ2n) is 5.37. The number of rotatable bonds is 7. The van der Waals surface area contributed by atoms with E-state index in [0.29, 0.717) is 4.90 Å². The molecule has 0 spiro atoms. The molecular weight excluding hydrogens is 365 g/mol. The fourth-order valence-corrected chi connectivity index (χ4v) is 4.23. The van der Waals surface area contributed by atoms with Gasteiger partial charge in [0, 0.05) is 27.8 Å². The molecule has 7 nitrogen and oxygen atoms in total. The van der Waals surface area contributed by atoms with Crippen molar-refractivity contribution in [2.75, 3.05) is 0 Å². The van der Waals surface area contributed by atoms with Crippen LogP contribution < -0.4 is 0 Å². The van der Waals surface area contributed by atoms with Gasteiger partial charge in [-0.3, -0.25) is 14.7 Å². The smallest absolute Gasteiger partial charge is 0.358 e. The summed E-state index contributed by atoms with van der Waals surface area (Å²) in [6.45, 7) is 1.97. The Morgan fingerprint density at radius 1 is 1.20 bits per heavy atom. The lowest BCUT2D eigenvalue weighted by molar-refractivity contribution is -0.385. The molecule has 0 aliphatic heterocycles. The highest BCUT2D eigenvalue weighted by Gasteiger charge is 2.32. The van der Waals surface area contributed by atoms with E-state index in [1.807, 2.05) is 37.3 Å². The number of aliphatic hydroxyl groups is 1. The molecule has 2 rings (SSSR count). The van der Waals surface area contributed by atoms with Crippen molar-refractivity contribution in [1.82, 2.24) is 0 Å². The Bertz CT molecular complexity index is 794. The van der Waals surface area contributed by atoms with Crippen molar-refractivity contribution in [3.63, 3.8) is 0 Å². The third-order valence-corrected chi connectivity index (χ3v) is 6.04. The predicted octanol–water partition coefficient (Wildman–Crippen LogP) is 4.01. The standard InChI is InChI=1S/C16H18NO6PS/c1-2-14(11-6-4-3-5-7-11)25-15-9-8-12(17(19)20)10-13(15)16(18)24(21,22)23/h3-10,14,16,18H,2H2,1H3,(H2,21,22,23). The van der Waals surface area contributed by atoms with Gasteiger partial charge in [-0.1, -0.05) is 37.3 Å². The SMILES string of the molecule is CCC(Sc1ccc([N+](=O)[O-])cc1C(O)P(=O)(O)O)c1ccccc1. The molecule has 134 valence electrons. The topological polar surface area (TPSA) is 121 Å². The molecule has 2 atom stereocenters. The van der Waals surface area contributed by atoms with E-state index in [4.69, 9.17) is 0 Å². The van der Waals surface area contributed by atoms with E-state index in [9.17, 15) is 29.6 Å². The first-order valence-corrected chi connectivity index (χ1v) is 10.0. The summed E-state index contributed by atoms with van der Waals surface area (Å²) < 4.78 is 11.5. The van der Waals surface area contributed by atoms with E-state index in [-0.39, 0.29) is 16.5 Å². The number of hydrogen-bond donors (Lipinski definition) is 3. The first kappa shape index (κ1) is 19.6. The van der Waals surface area contributed by atoms with E-state index >= 15 is 0 Å². The molecule has 0 amide bonds. The van der Waals surface area contributed by atoms with E-state index in [0.717, 1.165) is 18.1 Å². The quantitative estimate of drug-likeness (QED) is 0.286. The summed E-state index contributed by atoms with van der Waals surface area (Å²) >= 11 is 1.31. The minimum atomic E-state index is -4.86. The second kappa shape index (κ2) is 8.12. The highest BCUT2D eigenvalue weighted by Crippen LogP contribution is 2.53. The molecule has 0 aliphatic carbocycles. The largest absolute Gasteiger partial charge is 0.376 e. The Kier molecular flexibility index (Phi) is 6.37. The number of nitrogens with zero attached hydrogens (tertiary/aromatic N) is 1. The van der Waals surface area contributed by atoms with Crippen LogP contribution in [0, 0.1) is 10.1 Å². The Balaban J connectivity index is 2.45. The monoisotopic (exact) mass is 383 g/mol. The van der Waals surface area contributed by atoms with Gasteiger partial charge in [-0.05, 0) is 18.1 Å². The molecule has 9 heteroatoms. The highest BCUT2D eigenvalue weighted by atomic mass is 32.2. The lowest BCUT2D eigenvalue weighted by Gasteiger charge is -2.20. The summed E-state index contributed by atoms with van der Waals surface area (Å²) in [5, 5.41) is 20.9. The van der Waals surface area contributed by atoms with Crippen molar-refractivity contribution in [2.24, 2.45) is 0 Å². The lowest BCUT2D eigenvalue weighted by Crippen LogP contribution is -2.03. The van der Waals surface area contributed by atoms with Crippen LogP contribution >= 0.6 is 19.4 Å². The average molecular weight is 383 g/mol. The molecule has 2 aromatic carbocycles. The van der Waals surface area contributed by atoms with Crippen LogP contribution in [0.4, 0.5) is 5.69 Å². The van der Waals surface area contributed by atoms with Gasteiger partial charge in [-0.15, -0.1) is 11.8 Å². The third kappa shape index (κ3) is 4.90. The lowest BCUT2D eigenvalue weighted by atomic mass is 10.1. The van der Waals surface area contributed by atoms with Gasteiger partial charge in [-0.2, -0.15) is 0 Å². The van der Waals surface area contributed by atoms with E-state index in [1.165, 1.54) is 23.9 Å². The van der Waals surface area contributed by atoms with Crippen LogP contribution in [0.1, 0.15) is 35.6 Å². The number of hydrogen-bond acceptors (Lipinski definition) is 5. The van der Waals surface area contributed by atoms with Crippen LogP contribution in [0.15, 0.2) is 53.4 Å². The molecule has 2 unspecified atom stereocenters.